The lowest BCUT2D eigenvalue weighted by molar-refractivity contribution is -0.150. The van der Waals surface area contributed by atoms with E-state index < -0.39 is 36.6 Å². The maximum absolute atomic E-state index is 12.4. The van der Waals surface area contributed by atoms with Crippen LogP contribution in [-0.2, 0) is 32.1 Å². The Kier molecular flexibility index (Phi) is 8.18. The van der Waals surface area contributed by atoms with E-state index in [4.69, 9.17) is 15.2 Å². The van der Waals surface area contributed by atoms with Crippen LogP contribution in [0.5, 0.6) is 0 Å². The zero-order valence-electron chi connectivity index (χ0n) is 15.5. The van der Waals surface area contributed by atoms with Crippen LogP contribution in [0.15, 0.2) is 60.7 Å². The summed E-state index contributed by atoms with van der Waals surface area (Å²) >= 11 is 0. The van der Waals surface area contributed by atoms with E-state index in [9.17, 15) is 19.2 Å². The molecule has 2 aromatic rings. The summed E-state index contributed by atoms with van der Waals surface area (Å²) in [7, 11) is 0. The molecule has 0 bridgehead atoms. The first-order chi connectivity index (χ1) is 13.9. The number of imide groups is 1. The lowest BCUT2D eigenvalue weighted by atomic mass is 10.1. The molecule has 9 nitrogen and oxygen atoms in total. The number of nitrogens with one attached hydrogen (secondary N) is 2. The number of carbonyl (C=O) groups excluding carboxylic acids is 4. The van der Waals surface area contributed by atoms with Crippen LogP contribution in [0.4, 0.5) is 9.59 Å². The summed E-state index contributed by atoms with van der Waals surface area (Å²) in [4.78, 5) is 46.5. The van der Waals surface area contributed by atoms with Gasteiger partial charge in [-0.25, -0.2) is 14.4 Å². The predicted molar refractivity (Wildman–Crippen MR) is 102 cm³/mol. The van der Waals surface area contributed by atoms with Gasteiger partial charge in [0.1, 0.15) is 12.6 Å². The van der Waals surface area contributed by atoms with Gasteiger partial charge in [0.05, 0.1) is 0 Å². The molecule has 0 aliphatic carbocycles. The van der Waals surface area contributed by atoms with Crippen LogP contribution in [0.2, 0.25) is 0 Å². The summed E-state index contributed by atoms with van der Waals surface area (Å²) in [5.41, 5.74) is 6.37. The van der Waals surface area contributed by atoms with Crippen LogP contribution >= 0.6 is 0 Å². The van der Waals surface area contributed by atoms with Gasteiger partial charge < -0.3 is 20.5 Å². The Balaban J connectivity index is 1.96. The van der Waals surface area contributed by atoms with Crippen molar-refractivity contribution in [3.63, 3.8) is 0 Å². The number of carbonyl (C=O) groups is 4. The number of amides is 4. The average Bonchev–Trinajstić information content (AvgIpc) is 2.71. The average molecular weight is 399 g/mol. The van der Waals surface area contributed by atoms with Crippen molar-refractivity contribution in [3.05, 3.63) is 71.8 Å². The first-order valence-electron chi connectivity index (χ1n) is 8.71. The number of nitrogens with two attached hydrogens (primary N) is 1. The van der Waals surface area contributed by atoms with E-state index in [-0.39, 0.29) is 13.0 Å². The molecule has 2 aromatic carbocycles. The molecule has 0 spiro atoms. The van der Waals surface area contributed by atoms with Crippen molar-refractivity contribution in [2.75, 3.05) is 6.61 Å². The summed E-state index contributed by atoms with van der Waals surface area (Å²) in [5, 5.41) is 4.22. The topological polar surface area (TPSA) is 137 Å². The van der Waals surface area contributed by atoms with Crippen LogP contribution in [-0.4, -0.2) is 36.6 Å². The second kappa shape index (κ2) is 11.1. The first-order valence-corrected chi connectivity index (χ1v) is 8.71. The molecule has 1 atom stereocenters. The van der Waals surface area contributed by atoms with E-state index in [0.29, 0.717) is 0 Å². The van der Waals surface area contributed by atoms with Crippen molar-refractivity contribution in [1.82, 2.24) is 10.6 Å². The highest BCUT2D eigenvalue weighted by Crippen LogP contribution is 2.06. The molecule has 0 unspecified atom stereocenters. The molecular formula is C20H21N3O6. The zero-order chi connectivity index (χ0) is 21.1. The number of hydrogen-bond acceptors (Lipinski definition) is 6. The van der Waals surface area contributed by atoms with E-state index >= 15 is 0 Å². The molecule has 0 aromatic heterocycles. The van der Waals surface area contributed by atoms with Crippen LogP contribution in [0, 0.1) is 0 Å². The van der Waals surface area contributed by atoms with Crippen LogP contribution < -0.4 is 16.4 Å². The van der Waals surface area contributed by atoms with E-state index in [1.54, 1.807) is 41.7 Å². The second-order valence-electron chi connectivity index (χ2n) is 5.97. The Labute approximate surface area is 167 Å². The Morgan fingerprint density at radius 3 is 2.03 bits per heavy atom. The van der Waals surface area contributed by atoms with Gasteiger partial charge in [0.25, 0.3) is 5.91 Å². The highest BCUT2D eigenvalue weighted by atomic mass is 16.6. The summed E-state index contributed by atoms with van der Waals surface area (Å²) in [6, 6.07) is 15.8. The molecule has 4 amide bonds. The van der Waals surface area contributed by atoms with Crippen molar-refractivity contribution in [2.45, 2.75) is 19.1 Å². The second-order valence-corrected chi connectivity index (χ2v) is 5.97. The largest absolute Gasteiger partial charge is 0.454 e. The predicted octanol–water partition coefficient (Wildman–Crippen LogP) is 1.26. The Hall–Kier alpha value is -3.88. The van der Waals surface area contributed by atoms with E-state index in [2.05, 4.69) is 5.32 Å². The van der Waals surface area contributed by atoms with Crippen LogP contribution in [0.25, 0.3) is 0 Å². The molecule has 0 radical (unpaired) electrons. The fourth-order valence-electron chi connectivity index (χ4n) is 2.36. The molecule has 0 fully saturated rings. The van der Waals surface area contributed by atoms with Gasteiger partial charge in [0, 0.05) is 6.42 Å². The van der Waals surface area contributed by atoms with Crippen molar-refractivity contribution in [3.8, 4) is 0 Å². The Bertz CT molecular complexity index is 842. The molecule has 9 heteroatoms. The minimum atomic E-state index is -1.10. The fraction of sp³-hybridized carbons (Fsp3) is 0.200. The lowest BCUT2D eigenvalue weighted by Gasteiger charge is -2.17. The number of primary amides is 1. The Morgan fingerprint density at radius 2 is 1.45 bits per heavy atom. The van der Waals surface area contributed by atoms with Gasteiger partial charge >= 0.3 is 18.1 Å². The standard InChI is InChI=1S/C20H21N3O6/c21-19(26)23-17(24)13-28-18(25)16(11-14-7-3-1-4-8-14)22-20(27)29-12-15-9-5-2-6-10-15/h1-10,16H,11-13H2,(H,22,27)(H3,21,23,24,26)/t16-/m1/s1. The van der Waals surface area contributed by atoms with Gasteiger partial charge in [-0.05, 0) is 11.1 Å². The van der Waals surface area contributed by atoms with Crippen molar-refractivity contribution >= 4 is 24.0 Å². The molecule has 0 aliphatic heterocycles. The highest BCUT2D eigenvalue weighted by Gasteiger charge is 2.24. The van der Waals surface area contributed by atoms with Crippen molar-refractivity contribution < 1.29 is 28.7 Å². The summed E-state index contributed by atoms with van der Waals surface area (Å²) in [5.74, 6) is -1.74. The van der Waals surface area contributed by atoms with E-state index in [1.165, 1.54) is 0 Å². The van der Waals surface area contributed by atoms with Gasteiger partial charge in [-0.3, -0.25) is 10.1 Å². The van der Waals surface area contributed by atoms with Gasteiger partial charge in [-0.2, -0.15) is 0 Å². The number of hydrogen-bond donors (Lipinski definition) is 3. The van der Waals surface area contributed by atoms with Gasteiger partial charge in [0.15, 0.2) is 6.61 Å². The summed E-state index contributed by atoms with van der Waals surface area (Å²) in [6.07, 6.45) is -0.689. The van der Waals surface area contributed by atoms with Crippen molar-refractivity contribution in [2.24, 2.45) is 5.73 Å². The molecule has 0 heterocycles. The minimum Gasteiger partial charge on any atom is -0.454 e. The fourth-order valence-corrected chi connectivity index (χ4v) is 2.36. The smallest absolute Gasteiger partial charge is 0.408 e. The zero-order valence-corrected chi connectivity index (χ0v) is 15.5. The van der Waals surface area contributed by atoms with Crippen molar-refractivity contribution in [1.29, 1.82) is 0 Å². The molecule has 0 saturated carbocycles. The maximum Gasteiger partial charge on any atom is 0.408 e. The first kappa shape index (κ1) is 21.4. The molecule has 29 heavy (non-hydrogen) atoms. The molecule has 0 aliphatic rings. The quantitative estimate of drug-likeness (QED) is 0.572. The molecule has 152 valence electrons. The molecule has 4 N–H and O–H groups in total. The third-order valence-corrected chi connectivity index (χ3v) is 3.68. The third-order valence-electron chi connectivity index (χ3n) is 3.68. The Morgan fingerprint density at radius 1 is 0.862 bits per heavy atom. The normalized spacial score (nSPS) is 11.0. The highest BCUT2D eigenvalue weighted by molar-refractivity contribution is 5.95. The summed E-state index contributed by atoms with van der Waals surface area (Å²) < 4.78 is 10.0. The van der Waals surface area contributed by atoms with Gasteiger partial charge in [-0.1, -0.05) is 60.7 Å². The van der Waals surface area contributed by atoms with Crippen LogP contribution in [0.3, 0.4) is 0 Å². The number of rotatable bonds is 8. The number of esters is 1. The van der Waals surface area contributed by atoms with E-state index in [0.717, 1.165) is 11.1 Å². The number of benzene rings is 2. The lowest BCUT2D eigenvalue weighted by Crippen LogP contribution is -2.45. The summed E-state index contributed by atoms with van der Waals surface area (Å²) in [6.45, 7) is -0.686. The number of urea groups is 1. The molecule has 0 saturated heterocycles. The van der Waals surface area contributed by atoms with Crippen LogP contribution in [0.1, 0.15) is 11.1 Å². The minimum absolute atomic E-state index is 0.0286. The number of alkyl carbamates (subject to hydrolysis) is 1. The van der Waals surface area contributed by atoms with Gasteiger partial charge in [0.2, 0.25) is 0 Å². The molecular weight excluding hydrogens is 378 g/mol. The van der Waals surface area contributed by atoms with E-state index in [1.807, 2.05) is 24.3 Å². The molecule has 2 rings (SSSR count). The SMILES string of the molecule is NC(=O)NC(=O)COC(=O)[C@@H](Cc1ccccc1)NC(=O)OCc1ccccc1. The number of ether oxygens (including phenoxy) is 2. The van der Waals surface area contributed by atoms with Gasteiger partial charge in [-0.15, -0.1) is 0 Å². The monoisotopic (exact) mass is 399 g/mol. The maximum atomic E-state index is 12.4. The third kappa shape index (κ3) is 8.12.